The summed E-state index contributed by atoms with van der Waals surface area (Å²) >= 11 is 5.69. The maximum absolute atomic E-state index is 12.5. The lowest BCUT2D eigenvalue weighted by atomic mass is 10.2. The zero-order valence-electron chi connectivity index (χ0n) is 14.3. The average Bonchev–Trinajstić information content (AvgIpc) is 2.59. The lowest BCUT2D eigenvalue weighted by Gasteiger charge is -2.15. The van der Waals surface area contributed by atoms with E-state index in [4.69, 9.17) is 11.6 Å². The third kappa shape index (κ3) is 4.62. The monoisotopic (exact) mass is 433 g/mol. The minimum Gasteiger partial charge on any atom is -0.258 e. The zero-order valence-corrected chi connectivity index (χ0v) is 16.7. The first-order valence-corrected chi connectivity index (χ1v) is 10.7. The fraction of sp³-hybridized carbons (Fsp3) is 0.200. The van der Waals surface area contributed by atoms with Crippen LogP contribution in [0.5, 0.6) is 0 Å². The van der Waals surface area contributed by atoms with Crippen molar-refractivity contribution in [2.75, 3.05) is 14.1 Å². The number of nitrogens with zero attached hydrogens (tertiary/aromatic N) is 2. The fourth-order valence-corrected chi connectivity index (χ4v) is 4.65. The molecule has 2 aromatic carbocycles. The van der Waals surface area contributed by atoms with Crippen molar-refractivity contribution in [1.29, 1.82) is 0 Å². The maximum atomic E-state index is 12.5. The first-order valence-electron chi connectivity index (χ1n) is 7.41. The van der Waals surface area contributed by atoms with Gasteiger partial charge in [0.2, 0.25) is 20.0 Å². The van der Waals surface area contributed by atoms with E-state index in [-0.39, 0.29) is 22.0 Å². The van der Waals surface area contributed by atoms with Crippen LogP contribution in [0, 0.1) is 10.1 Å². The van der Waals surface area contributed by atoms with Gasteiger partial charge in [0, 0.05) is 31.7 Å². The van der Waals surface area contributed by atoms with Crippen LogP contribution in [-0.4, -0.2) is 40.2 Å². The predicted octanol–water partition coefficient (Wildman–Crippen LogP) is 1.98. The topological polar surface area (TPSA) is 127 Å². The molecular formula is C15H16ClN3O6S2. The first kappa shape index (κ1) is 21.3. The molecule has 146 valence electrons. The second-order valence-electron chi connectivity index (χ2n) is 5.59. The maximum Gasteiger partial charge on any atom is 0.290 e. The molecule has 0 amide bonds. The molecule has 27 heavy (non-hydrogen) atoms. The van der Waals surface area contributed by atoms with E-state index < -0.39 is 35.6 Å². The second-order valence-corrected chi connectivity index (χ2v) is 9.88. The summed E-state index contributed by atoms with van der Waals surface area (Å²) < 4.78 is 53.0. The Morgan fingerprint density at radius 3 is 2.30 bits per heavy atom. The summed E-state index contributed by atoms with van der Waals surface area (Å²) in [5.41, 5.74) is -0.476. The SMILES string of the molecule is CN(C)S(=O)(=O)c1ccccc1CNS(=O)(=O)c1ccc(Cl)cc1[N+](=O)[O-]. The van der Waals surface area contributed by atoms with Crippen LogP contribution in [-0.2, 0) is 26.6 Å². The van der Waals surface area contributed by atoms with Crippen LogP contribution >= 0.6 is 11.6 Å². The van der Waals surface area contributed by atoms with Gasteiger partial charge in [-0.2, -0.15) is 0 Å². The van der Waals surface area contributed by atoms with Crippen LogP contribution in [0.15, 0.2) is 52.3 Å². The molecule has 0 aromatic heterocycles. The number of nitro benzene ring substituents is 1. The van der Waals surface area contributed by atoms with E-state index in [0.29, 0.717) is 0 Å². The normalized spacial score (nSPS) is 12.3. The largest absolute Gasteiger partial charge is 0.290 e. The molecular weight excluding hydrogens is 418 g/mol. The van der Waals surface area contributed by atoms with Crippen molar-refractivity contribution in [1.82, 2.24) is 9.03 Å². The highest BCUT2D eigenvalue weighted by Crippen LogP contribution is 2.27. The van der Waals surface area contributed by atoms with E-state index in [2.05, 4.69) is 4.72 Å². The quantitative estimate of drug-likeness (QED) is 0.525. The van der Waals surface area contributed by atoms with Crippen molar-refractivity contribution >= 4 is 37.3 Å². The highest BCUT2D eigenvalue weighted by atomic mass is 35.5. The molecule has 0 saturated carbocycles. The van der Waals surface area contributed by atoms with Crippen molar-refractivity contribution in [2.24, 2.45) is 0 Å². The van der Waals surface area contributed by atoms with Gasteiger partial charge in [-0.3, -0.25) is 10.1 Å². The molecule has 0 spiro atoms. The number of nitro groups is 1. The molecule has 2 rings (SSSR count). The van der Waals surface area contributed by atoms with E-state index in [0.717, 1.165) is 16.4 Å². The number of sulfonamides is 2. The Bertz CT molecular complexity index is 1080. The van der Waals surface area contributed by atoms with Crippen molar-refractivity contribution in [2.45, 2.75) is 16.3 Å². The van der Waals surface area contributed by atoms with Gasteiger partial charge < -0.3 is 0 Å². The molecule has 0 heterocycles. The summed E-state index contributed by atoms with van der Waals surface area (Å²) in [6.07, 6.45) is 0. The Balaban J connectivity index is 2.40. The Morgan fingerprint density at radius 1 is 1.07 bits per heavy atom. The van der Waals surface area contributed by atoms with E-state index >= 15 is 0 Å². The molecule has 0 fully saturated rings. The predicted molar refractivity (Wildman–Crippen MR) is 99.4 cm³/mol. The summed E-state index contributed by atoms with van der Waals surface area (Å²) in [5.74, 6) is 0. The van der Waals surface area contributed by atoms with Crippen molar-refractivity contribution < 1.29 is 21.8 Å². The first-order chi connectivity index (χ1) is 12.5. The van der Waals surface area contributed by atoms with Gasteiger partial charge in [-0.05, 0) is 23.8 Å². The van der Waals surface area contributed by atoms with Gasteiger partial charge >= 0.3 is 0 Å². The number of rotatable bonds is 7. The van der Waals surface area contributed by atoms with Crippen LogP contribution in [0.4, 0.5) is 5.69 Å². The fourth-order valence-electron chi connectivity index (χ4n) is 2.21. The van der Waals surface area contributed by atoms with E-state index in [1.807, 2.05) is 0 Å². The summed E-state index contributed by atoms with van der Waals surface area (Å²) in [5, 5.41) is 11.1. The Kier molecular flexibility index (Phi) is 6.22. The molecule has 0 atom stereocenters. The van der Waals surface area contributed by atoms with E-state index in [9.17, 15) is 26.9 Å². The van der Waals surface area contributed by atoms with Crippen LogP contribution in [0.3, 0.4) is 0 Å². The molecule has 0 aliphatic rings. The average molecular weight is 434 g/mol. The summed E-state index contributed by atoms with van der Waals surface area (Å²) in [4.78, 5) is 9.64. The molecule has 2 aromatic rings. The van der Waals surface area contributed by atoms with Gasteiger partial charge in [0.25, 0.3) is 5.69 Å². The molecule has 0 unspecified atom stereocenters. The molecule has 0 aliphatic heterocycles. The summed E-state index contributed by atoms with van der Waals surface area (Å²) in [7, 11) is -5.38. The number of halogens is 1. The van der Waals surface area contributed by atoms with Gasteiger partial charge in [0.1, 0.15) is 0 Å². The van der Waals surface area contributed by atoms with Crippen LogP contribution in [0.25, 0.3) is 0 Å². The molecule has 0 radical (unpaired) electrons. The van der Waals surface area contributed by atoms with Crippen molar-refractivity contribution in [3.63, 3.8) is 0 Å². The molecule has 9 nitrogen and oxygen atoms in total. The van der Waals surface area contributed by atoms with E-state index in [1.54, 1.807) is 6.07 Å². The Labute approximate surface area is 161 Å². The van der Waals surface area contributed by atoms with Crippen LogP contribution in [0.2, 0.25) is 5.02 Å². The van der Waals surface area contributed by atoms with Crippen molar-refractivity contribution in [3.8, 4) is 0 Å². The minimum absolute atomic E-state index is 0.0167. The summed E-state index contributed by atoms with van der Waals surface area (Å²) in [6.45, 7) is -0.370. The third-order valence-corrected chi connectivity index (χ3v) is 7.19. The second kappa shape index (κ2) is 7.90. The van der Waals surface area contributed by atoms with Gasteiger partial charge in [0.15, 0.2) is 4.90 Å². The minimum atomic E-state index is -4.29. The highest BCUT2D eigenvalue weighted by molar-refractivity contribution is 7.89. The lowest BCUT2D eigenvalue weighted by molar-refractivity contribution is -0.387. The molecule has 0 saturated heterocycles. The number of hydrogen-bond acceptors (Lipinski definition) is 6. The van der Waals surface area contributed by atoms with Crippen LogP contribution < -0.4 is 4.72 Å². The smallest absolute Gasteiger partial charge is 0.258 e. The summed E-state index contributed by atoms with van der Waals surface area (Å²) in [6, 6.07) is 9.04. The van der Waals surface area contributed by atoms with Gasteiger partial charge in [-0.15, -0.1) is 0 Å². The molecule has 12 heteroatoms. The third-order valence-electron chi connectivity index (χ3n) is 3.59. The van der Waals surface area contributed by atoms with Gasteiger partial charge in [0.05, 0.1) is 9.82 Å². The number of nitrogens with one attached hydrogen (secondary N) is 1. The van der Waals surface area contributed by atoms with Crippen LogP contribution in [0.1, 0.15) is 5.56 Å². The van der Waals surface area contributed by atoms with E-state index in [1.165, 1.54) is 38.4 Å². The Morgan fingerprint density at radius 2 is 1.70 bits per heavy atom. The van der Waals surface area contributed by atoms with Crippen molar-refractivity contribution in [3.05, 3.63) is 63.2 Å². The standard InChI is InChI=1S/C15H16ClN3O6S2/c1-18(2)27(24,25)14-6-4-3-5-11(14)10-17-26(22,23)15-8-7-12(16)9-13(15)19(20)21/h3-9,17H,10H2,1-2H3. The number of hydrogen-bond donors (Lipinski definition) is 1. The van der Waals surface area contributed by atoms with Gasteiger partial charge in [-0.25, -0.2) is 25.9 Å². The Hall–Kier alpha value is -2.05. The lowest BCUT2D eigenvalue weighted by Crippen LogP contribution is -2.27. The number of benzene rings is 2. The molecule has 0 bridgehead atoms. The highest BCUT2D eigenvalue weighted by Gasteiger charge is 2.27. The molecule has 0 aliphatic carbocycles. The molecule has 1 N–H and O–H groups in total. The van der Waals surface area contributed by atoms with Gasteiger partial charge in [-0.1, -0.05) is 29.8 Å². The zero-order chi connectivity index (χ0) is 20.4.